The summed E-state index contributed by atoms with van der Waals surface area (Å²) < 4.78 is 0.321. The van der Waals surface area contributed by atoms with Gasteiger partial charge in [-0.15, -0.1) is 11.8 Å². The number of alkyl halides is 1. The van der Waals surface area contributed by atoms with E-state index >= 15 is 0 Å². The Kier molecular flexibility index (Phi) is 4.69. The molecule has 3 heteroatoms. The summed E-state index contributed by atoms with van der Waals surface area (Å²) in [4.78, 5) is 4.42. The van der Waals surface area contributed by atoms with E-state index in [0.717, 1.165) is 10.8 Å². The summed E-state index contributed by atoms with van der Waals surface area (Å²) in [5.74, 6) is 1.09. The minimum Gasteiger partial charge on any atom is -0.250 e. The molecule has 1 rings (SSSR count). The van der Waals surface area contributed by atoms with Crippen LogP contribution in [0.4, 0.5) is 0 Å². The van der Waals surface area contributed by atoms with Crippen LogP contribution in [0.1, 0.15) is 40.2 Å². The van der Waals surface area contributed by atoms with Gasteiger partial charge >= 0.3 is 0 Å². The topological polar surface area (TPSA) is 12.9 Å². The highest BCUT2D eigenvalue weighted by atomic mass is 127. The van der Waals surface area contributed by atoms with Gasteiger partial charge in [0.1, 0.15) is 0 Å². The van der Waals surface area contributed by atoms with Gasteiger partial charge in [-0.25, -0.2) is 4.98 Å². The molecule has 90 valence electrons. The van der Waals surface area contributed by atoms with Gasteiger partial charge in [0.25, 0.3) is 0 Å². The maximum absolute atomic E-state index is 4.42. The molecule has 1 heterocycles. The maximum Gasteiger partial charge on any atom is 0.0963 e. The van der Waals surface area contributed by atoms with Gasteiger partial charge < -0.3 is 0 Å². The molecule has 0 aliphatic heterocycles. The predicted molar refractivity (Wildman–Crippen MR) is 81.8 cm³/mol. The van der Waals surface area contributed by atoms with Crippen molar-refractivity contribution in [2.24, 2.45) is 0 Å². The summed E-state index contributed by atoms with van der Waals surface area (Å²) in [6.07, 6.45) is 1.92. The third-order valence-electron chi connectivity index (χ3n) is 2.16. The fraction of sp³-hybridized carbons (Fsp3) is 0.615. The van der Waals surface area contributed by atoms with Crippen molar-refractivity contribution >= 4 is 34.4 Å². The first kappa shape index (κ1) is 14.3. The number of hydrogen-bond donors (Lipinski definition) is 0. The molecule has 0 unspecified atom stereocenters. The van der Waals surface area contributed by atoms with E-state index in [9.17, 15) is 0 Å². The minimum absolute atomic E-state index is 0.206. The van der Waals surface area contributed by atoms with Crippen LogP contribution in [-0.2, 0) is 5.41 Å². The number of nitrogens with zero attached hydrogens (tertiary/aromatic N) is 1. The standard InChI is InChI=1S/C13H20INS/c1-12(2,3)10-6-7-15-11(8-10)16-9-13(4,5)14/h6-8H,9H2,1-5H3. The largest absolute Gasteiger partial charge is 0.250 e. The zero-order valence-electron chi connectivity index (χ0n) is 10.7. The van der Waals surface area contributed by atoms with Crippen molar-refractivity contribution in [3.05, 3.63) is 23.9 Å². The highest BCUT2D eigenvalue weighted by Crippen LogP contribution is 2.29. The average molecular weight is 349 g/mol. The molecule has 0 spiro atoms. The predicted octanol–water partition coefficient (Wildman–Crippen LogP) is 4.68. The molecule has 1 aromatic heterocycles. The molecule has 0 saturated carbocycles. The lowest BCUT2D eigenvalue weighted by Gasteiger charge is -2.20. The highest BCUT2D eigenvalue weighted by molar-refractivity contribution is 14.1. The lowest BCUT2D eigenvalue weighted by molar-refractivity contribution is 0.587. The van der Waals surface area contributed by atoms with Crippen molar-refractivity contribution in [1.29, 1.82) is 0 Å². The van der Waals surface area contributed by atoms with Crippen LogP contribution in [0.15, 0.2) is 23.4 Å². The molecule has 0 radical (unpaired) electrons. The van der Waals surface area contributed by atoms with Crippen LogP contribution in [0.5, 0.6) is 0 Å². The molecule has 0 fully saturated rings. The fourth-order valence-electron chi connectivity index (χ4n) is 1.20. The van der Waals surface area contributed by atoms with Crippen molar-refractivity contribution in [3.63, 3.8) is 0 Å². The van der Waals surface area contributed by atoms with Gasteiger partial charge in [-0.2, -0.15) is 0 Å². The third kappa shape index (κ3) is 5.04. The SMILES string of the molecule is CC(C)(I)CSc1cc(C(C)(C)C)ccn1. The van der Waals surface area contributed by atoms with Crippen molar-refractivity contribution in [1.82, 2.24) is 4.98 Å². The Labute approximate surface area is 117 Å². The minimum atomic E-state index is 0.206. The second-order valence-electron chi connectivity index (χ2n) is 5.64. The normalized spacial score (nSPS) is 12.9. The van der Waals surface area contributed by atoms with E-state index in [1.54, 1.807) is 0 Å². The number of hydrogen-bond acceptors (Lipinski definition) is 2. The van der Waals surface area contributed by atoms with Gasteiger partial charge in [0, 0.05) is 15.4 Å². The molecular weight excluding hydrogens is 329 g/mol. The quantitative estimate of drug-likeness (QED) is 0.446. The monoisotopic (exact) mass is 349 g/mol. The van der Waals surface area contributed by atoms with E-state index in [2.05, 4.69) is 74.3 Å². The van der Waals surface area contributed by atoms with Crippen molar-refractivity contribution in [2.45, 2.75) is 48.5 Å². The molecule has 1 aromatic rings. The average Bonchev–Trinajstić information content (AvgIpc) is 2.13. The van der Waals surface area contributed by atoms with Crippen LogP contribution in [0.3, 0.4) is 0 Å². The Morgan fingerprint density at radius 3 is 2.38 bits per heavy atom. The van der Waals surface area contributed by atoms with E-state index in [1.165, 1.54) is 5.56 Å². The molecule has 0 aliphatic carbocycles. The van der Waals surface area contributed by atoms with Crippen molar-refractivity contribution in [2.75, 3.05) is 5.75 Å². The van der Waals surface area contributed by atoms with Gasteiger partial charge in [-0.1, -0.05) is 57.2 Å². The van der Waals surface area contributed by atoms with E-state index in [0.29, 0.717) is 3.42 Å². The molecule has 0 aliphatic rings. The Bertz CT molecular complexity index is 350. The van der Waals surface area contributed by atoms with Gasteiger partial charge in [0.2, 0.25) is 0 Å². The lowest BCUT2D eigenvalue weighted by atomic mass is 9.88. The molecule has 1 nitrogen and oxygen atoms in total. The smallest absolute Gasteiger partial charge is 0.0963 e. The van der Waals surface area contributed by atoms with Crippen LogP contribution in [0, 0.1) is 0 Å². The van der Waals surface area contributed by atoms with Crippen LogP contribution in [0.25, 0.3) is 0 Å². The van der Waals surface area contributed by atoms with E-state index < -0.39 is 0 Å². The Morgan fingerprint density at radius 1 is 1.25 bits per heavy atom. The van der Waals surface area contributed by atoms with E-state index in [4.69, 9.17) is 0 Å². The molecule has 0 amide bonds. The molecule has 0 atom stereocenters. The Morgan fingerprint density at radius 2 is 1.88 bits per heavy atom. The molecule has 0 aromatic carbocycles. The van der Waals surface area contributed by atoms with Gasteiger partial charge in [0.15, 0.2) is 0 Å². The summed E-state index contributed by atoms with van der Waals surface area (Å²) in [7, 11) is 0. The first-order chi connectivity index (χ1) is 7.18. The first-order valence-electron chi connectivity index (χ1n) is 5.47. The molecule has 0 saturated heterocycles. The number of pyridine rings is 1. The van der Waals surface area contributed by atoms with Crippen LogP contribution in [-0.4, -0.2) is 14.2 Å². The molecular formula is C13H20INS. The summed E-state index contributed by atoms with van der Waals surface area (Å²) in [6.45, 7) is 11.2. The molecule has 0 N–H and O–H groups in total. The Balaban J connectivity index is 2.76. The van der Waals surface area contributed by atoms with Crippen molar-refractivity contribution < 1.29 is 0 Å². The number of halogens is 1. The van der Waals surface area contributed by atoms with E-state index in [1.807, 2.05) is 18.0 Å². The maximum atomic E-state index is 4.42. The van der Waals surface area contributed by atoms with E-state index in [-0.39, 0.29) is 5.41 Å². The lowest BCUT2D eigenvalue weighted by Crippen LogP contribution is -2.13. The summed E-state index contributed by atoms with van der Waals surface area (Å²) in [5.41, 5.74) is 1.56. The van der Waals surface area contributed by atoms with Crippen LogP contribution < -0.4 is 0 Å². The molecule has 0 bridgehead atoms. The second-order valence-corrected chi connectivity index (χ2v) is 9.56. The zero-order chi connectivity index (χ0) is 12.4. The van der Waals surface area contributed by atoms with Gasteiger partial charge in [-0.05, 0) is 23.1 Å². The summed E-state index contributed by atoms with van der Waals surface area (Å²) in [5, 5.41) is 1.14. The van der Waals surface area contributed by atoms with Gasteiger partial charge in [0.05, 0.1) is 5.03 Å². The fourth-order valence-corrected chi connectivity index (χ4v) is 2.50. The molecule has 16 heavy (non-hydrogen) atoms. The van der Waals surface area contributed by atoms with Gasteiger partial charge in [-0.3, -0.25) is 0 Å². The van der Waals surface area contributed by atoms with Crippen molar-refractivity contribution in [3.8, 4) is 0 Å². The highest BCUT2D eigenvalue weighted by Gasteiger charge is 2.16. The van der Waals surface area contributed by atoms with Crippen LogP contribution >= 0.6 is 34.4 Å². The first-order valence-corrected chi connectivity index (χ1v) is 7.53. The summed E-state index contributed by atoms with van der Waals surface area (Å²) in [6, 6.07) is 4.33. The third-order valence-corrected chi connectivity index (χ3v) is 4.45. The van der Waals surface area contributed by atoms with Crippen LogP contribution in [0.2, 0.25) is 0 Å². The zero-order valence-corrected chi connectivity index (χ0v) is 13.6. The number of thioether (sulfide) groups is 1. The second kappa shape index (κ2) is 5.25. The summed E-state index contributed by atoms with van der Waals surface area (Å²) >= 11 is 4.32. The number of aromatic nitrogens is 1. The number of rotatable bonds is 3. The Hall–Kier alpha value is 0.230.